The number of carbonyl (C=O) groups is 3. The summed E-state index contributed by atoms with van der Waals surface area (Å²) in [4.78, 5) is 44.7. The van der Waals surface area contributed by atoms with Crippen molar-refractivity contribution in [3.63, 3.8) is 0 Å². The molecule has 7 nitrogen and oxygen atoms in total. The average molecular weight is 453 g/mol. The van der Waals surface area contributed by atoms with Crippen LogP contribution in [-0.4, -0.2) is 47.3 Å². The molecule has 1 aromatic heterocycles. The van der Waals surface area contributed by atoms with Crippen LogP contribution in [0, 0.1) is 5.41 Å². The number of aromatic nitrogens is 1. The van der Waals surface area contributed by atoms with E-state index in [0.717, 1.165) is 23.1 Å². The Hall–Kier alpha value is -3.22. The van der Waals surface area contributed by atoms with Gasteiger partial charge in [0.2, 0.25) is 5.78 Å². The van der Waals surface area contributed by atoms with Crippen LogP contribution >= 0.6 is 0 Å². The third-order valence-electron chi connectivity index (χ3n) is 6.35. The number of amides is 1. The van der Waals surface area contributed by atoms with E-state index in [9.17, 15) is 14.4 Å². The fourth-order valence-electron chi connectivity index (χ4n) is 3.78. The summed E-state index contributed by atoms with van der Waals surface area (Å²) in [6.45, 7) is 5.76. The molecule has 1 amide bonds. The van der Waals surface area contributed by atoms with Crippen LogP contribution in [0.1, 0.15) is 50.3 Å². The molecule has 0 aliphatic carbocycles. The fourth-order valence-corrected chi connectivity index (χ4v) is 3.78. The van der Waals surface area contributed by atoms with Crippen LogP contribution in [0.15, 0.2) is 42.7 Å². The van der Waals surface area contributed by atoms with Crippen LogP contribution in [0.25, 0.3) is 0 Å². The van der Waals surface area contributed by atoms with Crippen LogP contribution in [-0.2, 0) is 38.5 Å². The Labute approximate surface area is 195 Å². The Morgan fingerprint density at radius 3 is 2.64 bits per heavy atom. The first-order valence-electron chi connectivity index (χ1n) is 11.3. The molecule has 2 heterocycles. The maximum atomic E-state index is 13.2. The van der Waals surface area contributed by atoms with Crippen molar-refractivity contribution in [2.24, 2.45) is 5.41 Å². The van der Waals surface area contributed by atoms with E-state index in [0.29, 0.717) is 25.0 Å². The first-order chi connectivity index (χ1) is 15.8. The van der Waals surface area contributed by atoms with Crippen molar-refractivity contribution in [3.05, 3.63) is 59.4 Å². The number of carbonyl (C=O) groups excluding carboxylic acids is 3. The van der Waals surface area contributed by atoms with E-state index in [4.69, 9.17) is 9.47 Å². The molecule has 33 heavy (non-hydrogen) atoms. The molecule has 0 saturated carbocycles. The highest BCUT2D eigenvalue weighted by Crippen LogP contribution is 2.30. The van der Waals surface area contributed by atoms with Gasteiger partial charge < -0.3 is 14.4 Å². The zero-order valence-electron chi connectivity index (χ0n) is 19.8. The van der Waals surface area contributed by atoms with Gasteiger partial charge in [0.05, 0.1) is 13.7 Å². The maximum Gasteiger partial charge on any atom is 0.329 e. The Morgan fingerprint density at radius 1 is 1.18 bits per heavy atom. The molecule has 0 radical (unpaired) electrons. The van der Waals surface area contributed by atoms with Crippen molar-refractivity contribution in [2.75, 3.05) is 13.7 Å². The highest BCUT2D eigenvalue weighted by molar-refractivity contribution is 6.38. The first kappa shape index (κ1) is 24.4. The van der Waals surface area contributed by atoms with Crippen molar-refractivity contribution < 1.29 is 23.9 Å². The van der Waals surface area contributed by atoms with E-state index >= 15 is 0 Å². The van der Waals surface area contributed by atoms with Gasteiger partial charge in [0, 0.05) is 30.8 Å². The lowest BCUT2D eigenvalue weighted by molar-refractivity contribution is -0.160. The highest BCUT2D eigenvalue weighted by Gasteiger charge is 2.42. The molecule has 7 heteroatoms. The van der Waals surface area contributed by atoms with Crippen molar-refractivity contribution in [1.82, 2.24) is 9.88 Å². The van der Waals surface area contributed by atoms with Gasteiger partial charge in [-0.15, -0.1) is 0 Å². The van der Waals surface area contributed by atoms with Gasteiger partial charge in [-0.05, 0) is 54.2 Å². The summed E-state index contributed by atoms with van der Waals surface area (Å²) in [7, 11) is 1.58. The van der Waals surface area contributed by atoms with Crippen LogP contribution in [0.5, 0.6) is 5.75 Å². The number of rotatable bonds is 9. The quantitative estimate of drug-likeness (QED) is 0.329. The number of fused-ring (bicyclic) bond motifs is 1. The molecule has 1 atom stereocenters. The molecule has 0 saturated heterocycles. The molecule has 176 valence electrons. The summed E-state index contributed by atoms with van der Waals surface area (Å²) < 4.78 is 10.9. The number of nitrogens with zero attached hydrogens (tertiary/aromatic N) is 2. The number of aryl methyl sites for hydroxylation is 1. The molecule has 2 aromatic rings. The molecule has 0 bridgehead atoms. The summed E-state index contributed by atoms with van der Waals surface area (Å²) in [6.07, 6.45) is 5.71. The van der Waals surface area contributed by atoms with Gasteiger partial charge in [0.1, 0.15) is 11.8 Å². The molecule has 0 spiro atoms. The van der Waals surface area contributed by atoms with Gasteiger partial charge in [0.15, 0.2) is 0 Å². The maximum absolute atomic E-state index is 13.2. The van der Waals surface area contributed by atoms with Gasteiger partial charge >= 0.3 is 5.97 Å². The number of ketones is 1. The minimum absolute atomic E-state index is 0.159. The highest BCUT2D eigenvalue weighted by atomic mass is 16.5. The SMILES string of the molecule is CCC(C)(C)C(=O)C(=O)N1Cc2cc(OC)ccc2CC1C(=O)OCCCc1cccnc1. The predicted octanol–water partition coefficient (Wildman–Crippen LogP) is 3.52. The molecule has 3 rings (SSSR count). The van der Waals surface area contributed by atoms with E-state index in [1.54, 1.807) is 33.4 Å². The average Bonchev–Trinajstić information content (AvgIpc) is 2.84. The van der Waals surface area contributed by atoms with Gasteiger partial charge in [-0.25, -0.2) is 4.79 Å². The van der Waals surface area contributed by atoms with E-state index in [2.05, 4.69) is 4.98 Å². The second-order valence-electron chi connectivity index (χ2n) is 8.99. The second kappa shape index (κ2) is 10.6. The fraction of sp³-hybridized carbons (Fsp3) is 0.462. The van der Waals surface area contributed by atoms with E-state index < -0.39 is 29.1 Å². The monoisotopic (exact) mass is 452 g/mol. The van der Waals surface area contributed by atoms with Crippen molar-refractivity contribution in [2.45, 2.75) is 59.0 Å². The van der Waals surface area contributed by atoms with Gasteiger partial charge in [0.25, 0.3) is 5.91 Å². The van der Waals surface area contributed by atoms with E-state index in [-0.39, 0.29) is 13.2 Å². The topological polar surface area (TPSA) is 85.8 Å². The first-order valence-corrected chi connectivity index (χ1v) is 11.3. The number of hydrogen-bond donors (Lipinski definition) is 0. The van der Waals surface area contributed by atoms with E-state index in [1.165, 1.54) is 4.90 Å². The standard InChI is InChI=1S/C26H32N2O5/c1-5-26(2,3)23(29)24(30)28-17-20-14-21(32-4)11-10-19(20)15-22(28)25(31)33-13-7-9-18-8-6-12-27-16-18/h6,8,10-12,14,16,22H,5,7,9,13,15,17H2,1-4H3. The number of pyridine rings is 1. The van der Waals surface area contributed by atoms with Gasteiger partial charge in [-0.2, -0.15) is 0 Å². The summed E-state index contributed by atoms with van der Waals surface area (Å²) >= 11 is 0. The lowest BCUT2D eigenvalue weighted by atomic mass is 9.83. The summed E-state index contributed by atoms with van der Waals surface area (Å²) in [6, 6.07) is 8.58. The van der Waals surface area contributed by atoms with Crippen molar-refractivity contribution in [1.29, 1.82) is 0 Å². The van der Waals surface area contributed by atoms with Crippen LogP contribution in [0.4, 0.5) is 0 Å². The summed E-state index contributed by atoms with van der Waals surface area (Å²) in [5.41, 5.74) is 2.08. The zero-order valence-corrected chi connectivity index (χ0v) is 19.8. The van der Waals surface area contributed by atoms with Crippen LogP contribution in [0.3, 0.4) is 0 Å². The zero-order chi connectivity index (χ0) is 24.0. The Morgan fingerprint density at radius 2 is 1.97 bits per heavy atom. The predicted molar refractivity (Wildman–Crippen MR) is 124 cm³/mol. The molecule has 0 fully saturated rings. The number of Topliss-reactive ketones (excluding diaryl/α,β-unsaturated/α-hetero) is 1. The van der Waals surface area contributed by atoms with Crippen LogP contribution < -0.4 is 4.74 Å². The third kappa shape index (κ3) is 5.78. The minimum Gasteiger partial charge on any atom is -0.497 e. The van der Waals surface area contributed by atoms with Crippen molar-refractivity contribution in [3.8, 4) is 5.75 Å². The number of methoxy groups -OCH3 is 1. The molecular weight excluding hydrogens is 420 g/mol. The number of hydrogen-bond acceptors (Lipinski definition) is 6. The van der Waals surface area contributed by atoms with Crippen molar-refractivity contribution >= 4 is 17.7 Å². The summed E-state index contributed by atoms with van der Waals surface area (Å²) in [5.74, 6) is -0.964. The molecule has 1 aromatic carbocycles. The Kier molecular flexibility index (Phi) is 7.84. The number of ether oxygens (including phenoxy) is 2. The molecule has 1 aliphatic heterocycles. The van der Waals surface area contributed by atoms with Crippen LogP contribution in [0.2, 0.25) is 0 Å². The van der Waals surface area contributed by atoms with Gasteiger partial charge in [-0.3, -0.25) is 14.6 Å². The molecule has 1 aliphatic rings. The lowest BCUT2D eigenvalue weighted by Gasteiger charge is -2.36. The van der Waals surface area contributed by atoms with Gasteiger partial charge in [-0.1, -0.05) is 32.9 Å². The smallest absolute Gasteiger partial charge is 0.329 e. The molecule has 1 unspecified atom stereocenters. The number of benzene rings is 1. The lowest BCUT2D eigenvalue weighted by Crippen LogP contribution is -2.53. The normalized spacial score (nSPS) is 15.5. The third-order valence-corrected chi connectivity index (χ3v) is 6.35. The minimum atomic E-state index is -0.839. The largest absolute Gasteiger partial charge is 0.497 e. The Bertz CT molecular complexity index is 1000. The Balaban J connectivity index is 1.75. The summed E-state index contributed by atoms with van der Waals surface area (Å²) in [5, 5.41) is 0. The number of esters is 1. The van der Waals surface area contributed by atoms with E-state index in [1.807, 2.05) is 37.3 Å². The second-order valence-corrected chi connectivity index (χ2v) is 8.99. The molecule has 0 N–H and O–H groups in total. The molecular formula is C26H32N2O5.